The number of carbonyl (C=O) groups is 1. The van der Waals surface area contributed by atoms with Crippen LogP contribution in [0.25, 0.3) is 0 Å². The van der Waals surface area contributed by atoms with E-state index in [-0.39, 0.29) is 11.1 Å². The van der Waals surface area contributed by atoms with Gasteiger partial charge in [0, 0.05) is 13.6 Å². The minimum absolute atomic E-state index is 0.209. The lowest BCUT2D eigenvalue weighted by atomic mass is 10.2. The summed E-state index contributed by atoms with van der Waals surface area (Å²) in [6.07, 6.45) is 1.72. The maximum Gasteiger partial charge on any atom is 0.410 e. The average Bonchev–Trinajstić information content (AvgIpc) is 2.29. The highest BCUT2D eigenvalue weighted by Gasteiger charge is 2.36. The van der Waals surface area contributed by atoms with Crippen molar-refractivity contribution in [3.8, 4) is 0 Å². The summed E-state index contributed by atoms with van der Waals surface area (Å²) >= 11 is 0. The van der Waals surface area contributed by atoms with Crippen LogP contribution in [0.15, 0.2) is 11.6 Å². The van der Waals surface area contributed by atoms with Crippen LogP contribution in [0.1, 0.15) is 48.5 Å². The number of rotatable bonds is 5. The van der Waals surface area contributed by atoms with Gasteiger partial charge in [-0.25, -0.2) is 4.79 Å². The molecule has 4 nitrogen and oxygen atoms in total. The summed E-state index contributed by atoms with van der Waals surface area (Å²) in [6, 6.07) is 0. The molecule has 0 aromatic carbocycles. The number of ether oxygens (including phenoxy) is 1. The molecule has 0 radical (unpaired) electrons. The zero-order valence-corrected chi connectivity index (χ0v) is 17.2. The van der Waals surface area contributed by atoms with Gasteiger partial charge >= 0.3 is 6.09 Å². The molecule has 0 aliphatic heterocycles. The van der Waals surface area contributed by atoms with Crippen molar-refractivity contribution < 1.29 is 14.0 Å². The lowest BCUT2D eigenvalue weighted by Crippen LogP contribution is -2.41. The van der Waals surface area contributed by atoms with Gasteiger partial charge in [0.2, 0.25) is 0 Å². The summed E-state index contributed by atoms with van der Waals surface area (Å²) in [4.78, 5) is 13.4. The maximum atomic E-state index is 11.9. The van der Waals surface area contributed by atoms with Crippen molar-refractivity contribution in [2.24, 2.45) is 0 Å². The van der Waals surface area contributed by atoms with Crippen LogP contribution in [0.2, 0.25) is 18.1 Å². The van der Waals surface area contributed by atoms with Gasteiger partial charge in [-0.05, 0) is 45.8 Å². The molecular formula is C17H35NO3Si. The molecule has 130 valence electrons. The SMILES string of the molecule is C/C(=C/CN(C)C(=O)OC(C)(C)C)CO[Si](C)(C)C(C)(C)C. The van der Waals surface area contributed by atoms with Gasteiger partial charge in [0.05, 0.1) is 6.61 Å². The molecule has 0 heterocycles. The topological polar surface area (TPSA) is 38.8 Å². The molecule has 0 aliphatic carbocycles. The van der Waals surface area contributed by atoms with E-state index in [1.807, 2.05) is 33.8 Å². The van der Waals surface area contributed by atoms with E-state index in [1.54, 1.807) is 11.9 Å². The van der Waals surface area contributed by atoms with Crippen molar-refractivity contribution in [3.63, 3.8) is 0 Å². The summed E-state index contributed by atoms with van der Waals surface area (Å²) in [6.45, 7) is 20.0. The number of carbonyl (C=O) groups excluding carboxylic acids is 1. The van der Waals surface area contributed by atoms with Crippen LogP contribution in [0.3, 0.4) is 0 Å². The minimum atomic E-state index is -1.72. The Hall–Kier alpha value is -0.813. The van der Waals surface area contributed by atoms with E-state index in [1.165, 1.54) is 0 Å². The van der Waals surface area contributed by atoms with E-state index in [4.69, 9.17) is 9.16 Å². The first-order chi connectivity index (χ1) is 9.66. The summed E-state index contributed by atoms with van der Waals surface area (Å²) < 4.78 is 11.5. The van der Waals surface area contributed by atoms with E-state index in [2.05, 4.69) is 33.9 Å². The monoisotopic (exact) mass is 329 g/mol. The van der Waals surface area contributed by atoms with Crippen LogP contribution < -0.4 is 0 Å². The Morgan fingerprint density at radius 3 is 2.05 bits per heavy atom. The summed E-state index contributed by atoms with van der Waals surface area (Å²) in [7, 11) is 0.0191. The molecule has 0 rings (SSSR count). The third-order valence-corrected chi connectivity index (χ3v) is 8.36. The van der Waals surface area contributed by atoms with E-state index < -0.39 is 13.9 Å². The predicted octanol–water partition coefficient (Wildman–Crippen LogP) is 4.82. The molecule has 0 N–H and O–H groups in total. The van der Waals surface area contributed by atoms with Crippen molar-refractivity contribution in [2.45, 2.75) is 72.2 Å². The molecule has 0 saturated heterocycles. The second kappa shape index (κ2) is 7.64. The molecular weight excluding hydrogens is 294 g/mol. The molecule has 0 fully saturated rings. The third-order valence-electron chi connectivity index (χ3n) is 3.89. The molecule has 0 bridgehead atoms. The summed E-state index contributed by atoms with van der Waals surface area (Å²) in [5, 5.41) is 0.209. The van der Waals surface area contributed by atoms with Crippen LogP contribution in [-0.4, -0.2) is 45.1 Å². The summed E-state index contributed by atoms with van der Waals surface area (Å²) in [5.41, 5.74) is 0.676. The Bertz CT molecular complexity index is 403. The van der Waals surface area contributed by atoms with E-state index in [0.29, 0.717) is 13.2 Å². The average molecular weight is 330 g/mol. The fraction of sp³-hybridized carbons (Fsp3) is 0.824. The molecule has 0 atom stereocenters. The maximum absolute atomic E-state index is 11.9. The standard InChI is InChI=1S/C17H35NO3Si/c1-14(13-20-22(9,10)17(5,6)7)11-12-18(8)15(19)21-16(2,3)4/h11H,12-13H2,1-10H3/b14-11-. The Labute approximate surface area is 138 Å². The number of likely N-dealkylation sites (N-methyl/N-ethyl adjacent to an activating group) is 1. The van der Waals surface area contributed by atoms with Crippen LogP contribution in [0.5, 0.6) is 0 Å². The molecule has 0 aromatic rings. The zero-order valence-electron chi connectivity index (χ0n) is 16.2. The lowest BCUT2D eigenvalue weighted by Gasteiger charge is -2.36. The molecule has 0 aromatic heterocycles. The third kappa shape index (κ3) is 7.99. The number of amides is 1. The van der Waals surface area contributed by atoms with E-state index in [9.17, 15) is 4.79 Å². The molecule has 0 aliphatic rings. The van der Waals surface area contributed by atoms with Gasteiger partial charge in [0.25, 0.3) is 0 Å². The normalized spacial score (nSPS) is 14.0. The first-order valence-electron chi connectivity index (χ1n) is 7.89. The van der Waals surface area contributed by atoms with Crippen molar-refractivity contribution in [3.05, 3.63) is 11.6 Å². The van der Waals surface area contributed by atoms with E-state index >= 15 is 0 Å². The molecule has 0 unspecified atom stereocenters. The van der Waals surface area contributed by atoms with Gasteiger partial charge in [-0.1, -0.05) is 32.4 Å². The highest BCUT2D eigenvalue weighted by atomic mass is 28.4. The summed E-state index contributed by atoms with van der Waals surface area (Å²) in [5.74, 6) is 0. The van der Waals surface area contributed by atoms with Crippen LogP contribution >= 0.6 is 0 Å². The fourth-order valence-electron chi connectivity index (χ4n) is 1.28. The minimum Gasteiger partial charge on any atom is -0.444 e. The Kier molecular flexibility index (Phi) is 7.36. The van der Waals surface area contributed by atoms with Gasteiger partial charge < -0.3 is 14.1 Å². The number of nitrogens with zero attached hydrogens (tertiary/aromatic N) is 1. The first kappa shape index (κ1) is 21.2. The van der Waals surface area contributed by atoms with Gasteiger partial charge in [-0.15, -0.1) is 0 Å². The quantitative estimate of drug-likeness (QED) is 0.536. The molecule has 5 heteroatoms. The Balaban J connectivity index is 4.43. The van der Waals surface area contributed by atoms with Crippen molar-refractivity contribution in [1.29, 1.82) is 0 Å². The molecule has 0 spiro atoms. The van der Waals surface area contributed by atoms with Gasteiger partial charge in [-0.2, -0.15) is 0 Å². The number of hydrogen-bond acceptors (Lipinski definition) is 3. The van der Waals surface area contributed by atoms with Crippen molar-refractivity contribution in [2.75, 3.05) is 20.2 Å². The van der Waals surface area contributed by atoms with Gasteiger partial charge in [-0.3, -0.25) is 0 Å². The van der Waals surface area contributed by atoms with Gasteiger partial charge in [0.1, 0.15) is 5.60 Å². The molecule has 22 heavy (non-hydrogen) atoms. The Morgan fingerprint density at radius 1 is 1.14 bits per heavy atom. The smallest absolute Gasteiger partial charge is 0.410 e. The predicted molar refractivity (Wildman–Crippen MR) is 95.8 cm³/mol. The second-order valence-corrected chi connectivity index (χ2v) is 13.3. The van der Waals surface area contributed by atoms with Crippen molar-refractivity contribution in [1.82, 2.24) is 4.90 Å². The van der Waals surface area contributed by atoms with Gasteiger partial charge in [0.15, 0.2) is 8.32 Å². The van der Waals surface area contributed by atoms with Crippen molar-refractivity contribution >= 4 is 14.4 Å². The van der Waals surface area contributed by atoms with E-state index in [0.717, 1.165) is 5.57 Å². The lowest BCUT2D eigenvalue weighted by molar-refractivity contribution is 0.0317. The number of hydrogen-bond donors (Lipinski definition) is 0. The first-order valence-corrected chi connectivity index (χ1v) is 10.8. The van der Waals surface area contributed by atoms with Crippen LogP contribution in [-0.2, 0) is 9.16 Å². The molecule has 0 saturated carbocycles. The second-order valence-electron chi connectivity index (χ2n) is 8.46. The van der Waals surface area contributed by atoms with Crippen LogP contribution in [0, 0.1) is 0 Å². The zero-order chi connectivity index (χ0) is 17.8. The Morgan fingerprint density at radius 2 is 1.64 bits per heavy atom. The fourth-order valence-corrected chi connectivity index (χ4v) is 2.30. The van der Waals surface area contributed by atoms with Crippen LogP contribution in [0.4, 0.5) is 4.79 Å². The highest BCUT2D eigenvalue weighted by Crippen LogP contribution is 2.36. The largest absolute Gasteiger partial charge is 0.444 e. The molecule has 1 amide bonds. The highest BCUT2D eigenvalue weighted by molar-refractivity contribution is 6.74.